The van der Waals surface area contributed by atoms with Gasteiger partial charge in [0.2, 0.25) is 5.91 Å². The topological polar surface area (TPSA) is 86.2 Å². The average molecular weight is 384 g/mol. The highest BCUT2D eigenvalue weighted by molar-refractivity contribution is 5.84. The molecular weight excluding hydrogens is 360 g/mol. The number of hydrazone groups is 1. The fourth-order valence-electron chi connectivity index (χ4n) is 2.51. The first-order valence-electron chi connectivity index (χ1n) is 8.68. The Balaban J connectivity index is 1.95. The van der Waals surface area contributed by atoms with E-state index < -0.39 is 5.97 Å². The molecule has 0 aromatic heterocycles. The lowest BCUT2D eigenvalue weighted by molar-refractivity contribution is -0.142. The Bertz CT molecular complexity index is 877. The van der Waals surface area contributed by atoms with Crippen LogP contribution in [0.1, 0.15) is 22.3 Å². The third-order valence-corrected chi connectivity index (χ3v) is 4.01. The summed E-state index contributed by atoms with van der Waals surface area (Å²) in [6.07, 6.45) is 1.76. The summed E-state index contributed by atoms with van der Waals surface area (Å²) >= 11 is 0. The molecule has 7 heteroatoms. The molecule has 1 N–H and O–H groups in total. The van der Waals surface area contributed by atoms with Crippen LogP contribution in [0.15, 0.2) is 41.5 Å². The van der Waals surface area contributed by atoms with Crippen LogP contribution < -0.4 is 14.9 Å². The van der Waals surface area contributed by atoms with Crippen molar-refractivity contribution in [2.75, 3.05) is 20.8 Å². The first-order chi connectivity index (χ1) is 13.4. The quantitative estimate of drug-likeness (QED) is 0.429. The molecule has 0 aliphatic rings. The van der Waals surface area contributed by atoms with Crippen molar-refractivity contribution in [3.8, 4) is 11.5 Å². The van der Waals surface area contributed by atoms with E-state index in [1.165, 1.54) is 20.4 Å². The van der Waals surface area contributed by atoms with E-state index in [9.17, 15) is 9.59 Å². The Hall–Kier alpha value is -3.35. The van der Waals surface area contributed by atoms with E-state index in [1.54, 1.807) is 18.2 Å². The molecule has 148 valence electrons. The van der Waals surface area contributed by atoms with Gasteiger partial charge in [-0.15, -0.1) is 0 Å². The lowest BCUT2D eigenvalue weighted by Crippen LogP contribution is -2.20. The molecule has 0 fully saturated rings. The van der Waals surface area contributed by atoms with Crippen molar-refractivity contribution >= 4 is 18.1 Å². The zero-order valence-electron chi connectivity index (χ0n) is 16.4. The number of benzene rings is 2. The maximum absolute atomic E-state index is 12.1. The number of amides is 1. The molecule has 0 spiro atoms. The van der Waals surface area contributed by atoms with Gasteiger partial charge in [-0.2, -0.15) is 5.10 Å². The summed E-state index contributed by atoms with van der Waals surface area (Å²) in [7, 11) is 2.78. The van der Waals surface area contributed by atoms with Gasteiger partial charge in [-0.05, 0) is 48.7 Å². The van der Waals surface area contributed by atoms with Crippen molar-refractivity contribution in [3.05, 3.63) is 58.7 Å². The van der Waals surface area contributed by atoms with Crippen LogP contribution in [-0.4, -0.2) is 38.9 Å². The number of nitrogens with one attached hydrogen (secondary N) is 1. The van der Waals surface area contributed by atoms with E-state index in [0.29, 0.717) is 17.1 Å². The molecular formula is C21H24N2O5. The van der Waals surface area contributed by atoms with Crippen LogP contribution in [0, 0.1) is 13.8 Å². The Morgan fingerprint density at radius 1 is 1.07 bits per heavy atom. The molecule has 0 bridgehead atoms. The number of rotatable bonds is 8. The summed E-state index contributed by atoms with van der Waals surface area (Å²) in [6.45, 7) is 3.78. The molecule has 0 heterocycles. The highest BCUT2D eigenvalue weighted by Gasteiger charge is 2.09. The summed E-state index contributed by atoms with van der Waals surface area (Å²) < 4.78 is 15.1. The van der Waals surface area contributed by atoms with Crippen LogP contribution >= 0.6 is 0 Å². The van der Waals surface area contributed by atoms with Gasteiger partial charge in [0, 0.05) is 0 Å². The fraction of sp³-hybridized carbons (Fsp3) is 0.286. The zero-order valence-corrected chi connectivity index (χ0v) is 16.4. The standard InChI is InChI=1S/C21H24N2O5/c1-14-5-7-17(15(2)9-14)11-20(24)23-22-12-16-6-8-18(19(10-16)26-3)28-13-21(25)27-4/h5-10,12H,11,13H2,1-4H3,(H,23,24)/b22-12+. The molecule has 0 aliphatic carbocycles. The minimum atomic E-state index is -0.487. The van der Waals surface area contributed by atoms with Gasteiger partial charge in [0.25, 0.3) is 0 Å². The largest absolute Gasteiger partial charge is 0.493 e. The third-order valence-electron chi connectivity index (χ3n) is 4.01. The summed E-state index contributed by atoms with van der Waals surface area (Å²) in [4.78, 5) is 23.3. The van der Waals surface area contributed by atoms with Gasteiger partial charge < -0.3 is 14.2 Å². The Labute approximate surface area is 164 Å². The molecule has 0 saturated heterocycles. The van der Waals surface area contributed by atoms with Crippen LogP contribution in [0.2, 0.25) is 0 Å². The van der Waals surface area contributed by atoms with E-state index >= 15 is 0 Å². The van der Waals surface area contributed by atoms with Gasteiger partial charge >= 0.3 is 5.97 Å². The number of aryl methyl sites for hydroxylation is 2. The first kappa shape index (κ1) is 21.0. The number of hydrogen-bond acceptors (Lipinski definition) is 6. The van der Waals surface area contributed by atoms with E-state index in [1.807, 2.05) is 32.0 Å². The van der Waals surface area contributed by atoms with Crippen LogP contribution in [-0.2, 0) is 20.7 Å². The van der Waals surface area contributed by atoms with Crippen molar-refractivity contribution in [2.45, 2.75) is 20.3 Å². The van der Waals surface area contributed by atoms with Crippen molar-refractivity contribution < 1.29 is 23.8 Å². The molecule has 2 aromatic rings. The maximum atomic E-state index is 12.1. The number of esters is 1. The summed E-state index contributed by atoms with van der Waals surface area (Å²) in [5.41, 5.74) is 6.42. The minimum absolute atomic E-state index is 0.201. The lowest BCUT2D eigenvalue weighted by Gasteiger charge is -2.10. The van der Waals surface area contributed by atoms with Gasteiger partial charge in [0.05, 0.1) is 26.9 Å². The molecule has 0 atom stereocenters. The predicted molar refractivity (Wildman–Crippen MR) is 106 cm³/mol. The molecule has 28 heavy (non-hydrogen) atoms. The van der Waals surface area contributed by atoms with E-state index in [2.05, 4.69) is 15.3 Å². The molecule has 2 aromatic carbocycles. The smallest absolute Gasteiger partial charge is 0.343 e. The van der Waals surface area contributed by atoms with Crippen molar-refractivity contribution in [1.29, 1.82) is 0 Å². The number of ether oxygens (including phenoxy) is 3. The van der Waals surface area contributed by atoms with Gasteiger partial charge in [0.15, 0.2) is 18.1 Å². The highest BCUT2D eigenvalue weighted by Crippen LogP contribution is 2.27. The summed E-state index contributed by atoms with van der Waals surface area (Å²) in [5.74, 6) is 0.158. The Kier molecular flexibility index (Phi) is 7.56. The number of carbonyl (C=O) groups is 2. The van der Waals surface area contributed by atoms with Crippen molar-refractivity contribution in [1.82, 2.24) is 5.43 Å². The van der Waals surface area contributed by atoms with Gasteiger partial charge in [-0.3, -0.25) is 4.79 Å². The van der Waals surface area contributed by atoms with Crippen LogP contribution in [0.5, 0.6) is 11.5 Å². The van der Waals surface area contributed by atoms with Crippen LogP contribution in [0.25, 0.3) is 0 Å². The maximum Gasteiger partial charge on any atom is 0.343 e. The van der Waals surface area contributed by atoms with Gasteiger partial charge in [0.1, 0.15) is 0 Å². The lowest BCUT2D eigenvalue weighted by atomic mass is 10.0. The molecule has 0 radical (unpaired) electrons. The number of hydrogen-bond donors (Lipinski definition) is 1. The zero-order chi connectivity index (χ0) is 20.5. The molecule has 2 rings (SSSR count). The SMILES string of the molecule is COC(=O)COc1ccc(/C=N/NC(=O)Cc2ccc(C)cc2C)cc1OC. The van der Waals surface area contributed by atoms with Crippen LogP contribution in [0.4, 0.5) is 0 Å². The molecule has 7 nitrogen and oxygen atoms in total. The molecule has 0 saturated carbocycles. The summed E-state index contributed by atoms with van der Waals surface area (Å²) in [6, 6.07) is 11.0. The molecule has 0 unspecified atom stereocenters. The normalized spacial score (nSPS) is 10.6. The van der Waals surface area contributed by atoms with E-state index in [-0.39, 0.29) is 18.9 Å². The van der Waals surface area contributed by atoms with Crippen LogP contribution in [0.3, 0.4) is 0 Å². The predicted octanol–water partition coefficient (Wildman–Crippen LogP) is 2.56. The fourth-order valence-corrected chi connectivity index (χ4v) is 2.51. The Morgan fingerprint density at radius 2 is 1.86 bits per heavy atom. The van der Waals surface area contributed by atoms with E-state index in [0.717, 1.165) is 16.7 Å². The molecule has 0 aliphatic heterocycles. The second-order valence-corrected chi connectivity index (χ2v) is 6.17. The summed E-state index contributed by atoms with van der Waals surface area (Å²) in [5, 5.41) is 3.98. The van der Waals surface area contributed by atoms with E-state index in [4.69, 9.17) is 9.47 Å². The average Bonchev–Trinajstić information content (AvgIpc) is 2.68. The number of methoxy groups -OCH3 is 2. The second kappa shape index (κ2) is 10.1. The van der Waals surface area contributed by atoms with Crippen molar-refractivity contribution in [2.24, 2.45) is 5.10 Å². The minimum Gasteiger partial charge on any atom is -0.493 e. The first-order valence-corrected chi connectivity index (χ1v) is 8.68. The highest BCUT2D eigenvalue weighted by atomic mass is 16.6. The van der Waals surface area contributed by atoms with Crippen molar-refractivity contribution in [3.63, 3.8) is 0 Å². The van der Waals surface area contributed by atoms with Gasteiger partial charge in [-0.25, -0.2) is 10.2 Å². The number of carbonyl (C=O) groups excluding carboxylic acids is 2. The number of nitrogens with zero attached hydrogens (tertiary/aromatic N) is 1. The monoisotopic (exact) mass is 384 g/mol. The van der Waals surface area contributed by atoms with Gasteiger partial charge in [-0.1, -0.05) is 23.8 Å². The third kappa shape index (κ3) is 6.12. The Morgan fingerprint density at radius 3 is 2.54 bits per heavy atom. The molecule has 1 amide bonds. The second-order valence-electron chi connectivity index (χ2n) is 6.17.